The highest BCUT2D eigenvalue weighted by Crippen LogP contribution is 2.44. The molecule has 0 radical (unpaired) electrons. The molecule has 1 saturated carbocycles. The second kappa shape index (κ2) is 7.16. The van der Waals surface area contributed by atoms with Gasteiger partial charge in [-0.1, -0.05) is 36.8 Å². The van der Waals surface area contributed by atoms with Crippen molar-refractivity contribution < 1.29 is 14.3 Å². The molecule has 0 atom stereocenters. The first-order chi connectivity index (χ1) is 13.1. The monoisotopic (exact) mass is 380 g/mol. The van der Waals surface area contributed by atoms with E-state index >= 15 is 0 Å². The highest BCUT2D eigenvalue weighted by Gasteiger charge is 2.47. The smallest absolute Gasteiger partial charge is 0.317 e. The van der Waals surface area contributed by atoms with Gasteiger partial charge in [0.1, 0.15) is 11.1 Å². The third-order valence-corrected chi connectivity index (χ3v) is 6.75. The van der Waals surface area contributed by atoms with E-state index in [4.69, 9.17) is 4.74 Å². The summed E-state index contributed by atoms with van der Waals surface area (Å²) in [5, 5.41) is 12.7. The quantitative estimate of drug-likeness (QED) is 0.802. The Morgan fingerprint density at radius 1 is 1.19 bits per heavy atom. The third kappa shape index (κ3) is 3.13. The zero-order valence-electron chi connectivity index (χ0n) is 14.9. The van der Waals surface area contributed by atoms with Crippen LogP contribution in [0.15, 0.2) is 30.3 Å². The van der Waals surface area contributed by atoms with Crippen LogP contribution in [0.25, 0.3) is 0 Å². The molecule has 27 heavy (non-hydrogen) atoms. The van der Waals surface area contributed by atoms with Crippen LogP contribution in [0.2, 0.25) is 0 Å². The molecule has 6 heteroatoms. The largest absolute Gasteiger partial charge is 0.455 e. The van der Waals surface area contributed by atoms with Gasteiger partial charge in [0.2, 0.25) is 0 Å². The van der Waals surface area contributed by atoms with Gasteiger partial charge >= 0.3 is 5.97 Å². The molecule has 0 spiro atoms. The number of carbonyl (C=O) groups is 2. The number of nitrogens with zero attached hydrogens (tertiary/aromatic N) is 1. The molecule has 5 nitrogen and oxygen atoms in total. The molecule has 0 aliphatic heterocycles. The number of anilines is 1. The maximum atomic E-state index is 12.7. The highest BCUT2D eigenvalue weighted by molar-refractivity contribution is 7.16. The van der Waals surface area contributed by atoms with Gasteiger partial charge in [-0.25, -0.2) is 0 Å². The van der Waals surface area contributed by atoms with Crippen LogP contribution in [-0.2, 0) is 32.6 Å². The number of hydrogen-bond donors (Lipinski definition) is 1. The van der Waals surface area contributed by atoms with Gasteiger partial charge in [0, 0.05) is 4.88 Å². The Morgan fingerprint density at radius 3 is 2.63 bits per heavy atom. The van der Waals surface area contributed by atoms with Crippen LogP contribution in [-0.4, -0.2) is 18.5 Å². The van der Waals surface area contributed by atoms with Crippen LogP contribution >= 0.6 is 11.3 Å². The van der Waals surface area contributed by atoms with Crippen molar-refractivity contribution in [2.75, 3.05) is 11.9 Å². The lowest BCUT2D eigenvalue weighted by Gasteiger charge is -2.39. The summed E-state index contributed by atoms with van der Waals surface area (Å²) in [5.74, 6) is -0.744. The summed E-state index contributed by atoms with van der Waals surface area (Å²) in [6.45, 7) is -0.332. The van der Waals surface area contributed by atoms with Crippen LogP contribution < -0.4 is 5.32 Å². The van der Waals surface area contributed by atoms with E-state index in [9.17, 15) is 14.9 Å². The Bertz CT molecular complexity index is 923. The van der Waals surface area contributed by atoms with Crippen molar-refractivity contribution in [1.29, 1.82) is 5.26 Å². The molecule has 0 bridgehead atoms. The maximum absolute atomic E-state index is 12.7. The molecule has 2 aliphatic carbocycles. The molecule has 0 saturated heterocycles. The molecule has 2 aliphatic rings. The second-order valence-electron chi connectivity index (χ2n) is 7.10. The molecule has 1 fully saturated rings. The van der Waals surface area contributed by atoms with Crippen LogP contribution in [0.1, 0.15) is 47.3 Å². The summed E-state index contributed by atoms with van der Waals surface area (Å²) in [7, 11) is 0. The van der Waals surface area contributed by atoms with Crippen molar-refractivity contribution in [3.8, 4) is 6.07 Å². The minimum absolute atomic E-state index is 0.332. The molecule has 1 aromatic heterocycles. The van der Waals surface area contributed by atoms with Gasteiger partial charge in [-0.3, -0.25) is 9.59 Å². The molecule has 1 N–H and O–H groups in total. The number of ether oxygens (including phenoxy) is 1. The normalized spacial score (nSPS) is 16.7. The minimum Gasteiger partial charge on any atom is -0.455 e. The molecule has 138 valence electrons. The van der Waals surface area contributed by atoms with E-state index in [1.807, 2.05) is 30.3 Å². The summed E-state index contributed by atoms with van der Waals surface area (Å²) < 4.78 is 5.36. The van der Waals surface area contributed by atoms with Gasteiger partial charge in [-0.2, -0.15) is 5.26 Å². The highest BCUT2D eigenvalue weighted by atomic mass is 32.1. The summed E-state index contributed by atoms with van der Waals surface area (Å²) in [6, 6.07) is 11.8. The molecule has 1 aromatic carbocycles. The van der Waals surface area contributed by atoms with E-state index in [2.05, 4.69) is 11.4 Å². The number of carbonyl (C=O) groups excluding carboxylic acids is 2. The van der Waals surface area contributed by atoms with E-state index in [0.717, 1.165) is 49.7 Å². The Morgan fingerprint density at radius 2 is 1.96 bits per heavy atom. The van der Waals surface area contributed by atoms with Crippen molar-refractivity contribution in [1.82, 2.24) is 0 Å². The predicted molar refractivity (Wildman–Crippen MR) is 103 cm³/mol. The zero-order valence-corrected chi connectivity index (χ0v) is 15.7. The average molecular weight is 380 g/mol. The minimum atomic E-state index is -0.622. The van der Waals surface area contributed by atoms with Crippen LogP contribution in [0, 0.1) is 11.3 Å². The molecule has 4 rings (SSSR count). The summed E-state index contributed by atoms with van der Waals surface area (Å²) in [6.07, 6.45) is 5.37. The van der Waals surface area contributed by atoms with Gasteiger partial charge in [0.25, 0.3) is 5.91 Å². The molecule has 0 unspecified atom stereocenters. The van der Waals surface area contributed by atoms with E-state index in [1.54, 1.807) is 0 Å². The van der Waals surface area contributed by atoms with E-state index < -0.39 is 11.3 Å². The topological polar surface area (TPSA) is 79.2 Å². The van der Waals surface area contributed by atoms with E-state index in [1.165, 1.54) is 16.2 Å². The summed E-state index contributed by atoms with van der Waals surface area (Å²) >= 11 is 1.46. The van der Waals surface area contributed by atoms with Gasteiger partial charge in [0.05, 0.1) is 11.0 Å². The Kier molecular flexibility index (Phi) is 4.71. The van der Waals surface area contributed by atoms with Gasteiger partial charge < -0.3 is 10.1 Å². The SMILES string of the molecule is N#Cc1c(NC(=O)COC(=O)C2(c3ccccc3)CCC2)sc2c1CCC2. The first-order valence-electron chi connectivity index (χ1n) is 9.21. The lowest BCUT2D eigenvalue weighted by atomic mass is 9.64. The molecule has 1 heterocycles. The van der Waals surface area contributed by atoms with Crippen molar-refractivity contribution in [2.45, 2.75) is 43.9 Å². The standard InChI is InChI=1S/C21H20N2O3S/c22-12-16-15-8-4-9-17(15)27-19(16)23-18(24)13-26-20(25)21(10-5-11-21)14-6-2-1-3-7-14/h1-3,6-7H,4-5,8-11,13H2,(H,23,24). The van der Waals surface area contributed by atoms with Crippen LogP contribution in [0.5, 0.6) is 0 Å². The Balaban J connectivity index is 1.40. The molecular formula is C21H20N2O3S. The van der Waals surface area contributed by atoms with Gasteiger partial charge in [0.15, 0.2) is 6.61 Å². The lowest BCUT2D eigenvalue weighted by molar-refractivity contribution is -0.156. The van der Waals surface area contributed by atoms with Crippen molar-refractivity contribution in [2.24, 2.45) is 0 Å². The fourth-order valence-electron chi connectivity index (χ4n) is 3.94. The number of hydrogen-bond acceptors (Lipinski definition) is 5. The zero-order chi connectivity index (χ0) is 18.9. The van der Waals surface area contributed by atoms with Crippen molar-refractivity contribution in [3.63, 3.8) is 0 Å². The maximum Gasteiger partial charge on any atom is 0.317 e. The number of rotatable bonds is 5. The number of thiophene rings is 1. The summed E-state index contributed by atoms with van der Waals surface area (Å²) in [5.41, 5.74) is 1.95. The number of nitrogens with one attached hydrogen (secondary N) is 1. The fourth-order valence-corrected chi connectivity index (χ4v) is 5.20. The van der Waals surface area contributed by atoms with Crippen LogP contribution in [0.4, 0.5) is 5.00 Å². The van der Waals surface area contributed by atoms with Crippen molar-refractivity contribution in [3.05, 3.63) is 51.9 Å². The first-order valence-corrected chi connectivity index (χ1v) is 10.0. The Labute approximate surface area is 162 Å². The third-order valence-electron chi connectivity index (χ3n) is 5.54. The van der Waals surface area contributed by atoms with Crippen LogP contribution in [0.3, 0.4) is 0 Å². The van der Waals surface area contributed by atoms with E-state index in [-0.39, 0.29) is 12.6 Å². The predicted octanol–water partition coefficient (Wildman–Crippen LogP) is 3.71. The number of amides is 1. The molecule has 2 aromatic rings. The fraction of sp³-hybridized carbons (Fsp3) is 0.381. The number of esters is 1. The van der Waals surface area contributed by atoms with Gasteiger partial charge in [-0.15, -0.1) is 11.3 Å². The van der Waals surface area contributed by atoms with E-state index in [0.29, 0.717) is 10.6 Å². The number of fused-ring (bicyclic) bond motifs is 1. The number of nitriles is 1. The molecular weight excluding hydrogens is 360 g/mol. The average Bonchev–Trinajstić information content (AvgIpc) is 3.20. The molecule has 1 amide bonds. The number of aryl methyl sites for hydroxylation is 1. The summed E-state index contributed by atoms with van der Waals surface area (Å²) in [4.78, 5) is 26.2. The first kappa shape index (κ1) is 17.7. The Hall–Kier alpha value is -2.65. The van der Waals surface area contributed by atoms with Gasteiger partial charge in [-0.05, 0) is 43.2 Å². The second-order valence-corrected chi connectivity index (χ2v) is 8.20. The lowest BCUT2D eigenvalue weighted by Crippen LogP contribution is -2.44. The van der Waals surface area contributed by atoms with Crippen molar-refractivity contribution >= 4 is 28.2 Å². The number of benzene rings is 1.